The number of carbonyl (C=O) groups is 1. The van der Waals surface area contributed by atoms with E-state index in [1.165, 1.54) is 11.3 Å². The van der Waals surface area contributed by atoms with Crippen LogP contribution in [0.2, 0.25) is 0 Å². The normalized spacial score (nSPS) is 9.73. The molecule has 11 heavy (non-hydrogen) atoms. The third-order valence-electron chi connectivity index (χ3n) is 1.30. The molecule has 0 saturated carbocycles. The quantitative estimate of drug-likeness (QED) is 0.732. The van der Waals surface area contributed by atoms with Crippen LogP contribution in [0, 0.1) is 0 Å². The molecule has 1 rings (SSSR count). The van der Waals surface area contributed by atoms with Crippen LogP contribution in [-0.2, 0) is 0 Å². The maximum Gasteiger partial charge on any atom is 0.162 e. The molecular weight excluding hydrogens is 226 g/mol. The average molecular weight is 234 g/mol. The molecule has 0 fully saturated rings. The van der Waals surface area contributed by atoms with E-state index in [0.717, 1.165) is 20.6 Å². The predicted molar refractivity (Wildman–Crippen MR) is 51.7 cm³/mol. The van der Waals surface area contributed by atoms with E-state index in [4.69, 9.17) is 0 Å². The molecule has 1 heterocycles. The fourth-order valence-electron chi connectivity index (χ4n) is 0.799. The number of hydrogen-bond donors (Lipinski definition) is 0. The molecule has 0 atom stereocenters. The van der Waals surface area contributed by atoms with Gasteiger partial charge in [0, 0.05) is 14.1 Å². The van der Waals surface area contributed by atoms with Gasteiger partial charge in [0.15, 0.2) is 6.29 Å². The first kappa shape index (κ1) is 8.74. The van der Waals surface area contributed by atoms with Gasteiger partial charge in [-0.05, 0) is 22.0 Å². The van der Waals surface area contributed by atoms with Gasteiger partial charge in [-0.1, -0.05) is 0 Å². The molecule has 60 valence electrons. The molecule has 0 bridgehead atoms. The minimum Gasteiger partial charge on any atom is -0.376 e. The second kappa shape index (κ2) is 3.36. The maximum absolute atomic E-state index is 10.5. The monoisotopic (exact) mass is 233 g/mol. The lowest BCUT2D eigenvalue weighted by atomic mass is 10.4. The van der Waals surface area contributed by atoms with Gasteiger partial charge in [-0.15, -0.1) is 11.3 Å². The molecule has 0 aromatic carbocycles. The highest BCUT2D eigenvalue weighted by Crippen LogP contribution is 2.31. The summed E-state index contributed by atoms with van der Waals surface area (Å²) in [6.07, 6.45) is 0.880. The van der Waals surface area contributed by atoms with Crippen LogP contribution in [0.1, 0.15) is 9.67 Å². The van der Waals surface area contributed by atoms with Gasteiger partial charge in [-0.3, -0.25) is 4.79 Å². The van der Waals surface area contributed by atoms with Crippen molar-refractivity contribution in [2.24, 2.45) is 0 Å². The Balaban J connectivity index is 3.11. The van der Waals surface area contributed by atoms with Gasteiger partial charge >= 0.3 is 0 Å². The van der Waals surface area contributed by atoms with Gasteiger partial charge in [0.25, 0.3) is 0 Å². The summed E-state index contributed by atoms with van der Waals surface area (Å²) in [5.74, 6) is 0. The average Bonchev–Trinajstić information content (AvgIpc) is 2.30. The smallest absolute Gasteiger partial charge is 0.162 e. The van der Waals surface area contributed by atoms with E-state index < -0.39 is 0 Å². The van der Waals surface area contributed by atoms with Crippen LogP contribution in [0.4, 0.5) is 5.69 Å². The van der Waals surface area contributed by atoms with Crippen LogP contribution in [-0.4, -0.2) is 20.4 Å². The second-order valence-electron chi connectivity index (χ2n) is 2.31. The van der Waals surface area contributed by atoms with Crippen molar-refractivity contribution in [1.29, 1.82) is 0 Å². The van der Waals surface area contributed by atoms with Crippen LogP contribution in [0.25, 0.3) is 0 Å². The fraction of sp³-hybridized carbons (Fsp3) is 0.286. The minimum atomic E-state index is 0.766. The van der Waals surface area contributed by atoms with Crippen molar-refractivity contribution in [2.45, 2.75) is 0 Å². The van der Waals surface area contributed by atoms with E-state index >= 15 is 0 Å². The Hall–Kier alpha value is -0.350. The largest absolute Gasteiger partial charge is 0.376 e. The fourth-order valence-corrected chi connectivity index (χ4v) is 2.31. The lowest BCUT2D eigenvalue weighted by Gasteiger charge is -2.09. The summed E-state index contributed by atoms with van der Waals surface area (Å²) in [5, 5.41) is 0. The zero-order valence-corrected chi connectivity index (χ0v) is 8.70. The molecule has 1 aromatic rings. The van der Waals surface area contributed by atoms with Gasteiger partial charge in [-0.25, -0.2) is 0 Å². The highest BCUT2D eigenvalue weighted by atomic mass is 79.9. The summed E-state index contributed by atoms with van der Waals surface area (Å²) in [4.78, 5) is 13.2. The van der Waals surface area contributed by atoms with Gasteiger partial charge < -0.3 is 4.90 Å². The molecule has 0 unspecified atom stereocenters. The summed E-state index contributed by atoms with van der Waals surface area (Å²) in [6.45, 7) is 0. The number of aldehydes is 1. The SMILES string of the molecule is CN(C)c1cc(Br)sc1C=O. The van der Waals surface area contributed by atoms with Crippen molar-refractivity contribution < 1.29 is 4.79 Å². The van der Waals surface area contributed by atoms with Crippen molar-refractivity contribution in [3.05, 3.63) is 14.7 Å². The van der Waals surface area contributed by atoms with E-state index in [2.05, 4.69) is 15.9 Å². The van der Waals surface area contributed by atoms with E-state index in [1.807, 2.05) is 25.1 Å². The first-order chi connectivity index (χ1) is 5.15. The molecule has 0 spiro atoms. The van der Waals surface area contributed by atoms with Crippen LogP contribution >= 0.6 is 27.3 Å². The number of hydrogen-bond acceptors (Lipinski definition) is 3. The van der Waals surface area contributed by atoms with Crippen molar-refractivity contribution in [1.82, 2.24) is 0 Å². The molecule has 0 aliphatic carbocycles. The van der Waals surface area contributed by atoms with Gasteiger partial charge in [0.05, 0.1) is 14.4 Å². The summed E-state index contributed by atoms with van der Waals surface area (Å²) < 4.78 is 0.989. The first-order valence-corrected chi connectivity index (χ1v) is 4.68. The van der Waals surface area contributed by atoms with Crippen LogP contribution < -0.4 is 4.90 Å². The molecule has 0 N–H and O–H groups in total. The molecule has 0 saturated heterocycles. The van der Waals surface area contributed by atoms with Crippen LogP contribution in [0.5, 0.6) is 0 Å². The number of anilines is 1. The highest BCUT2D eigenvalue weighted by Gasteiger charge is 2.07. The van der Waals surface area contributed by atoms with E-state index in [1.54, 1.807) is 0 Å². The number of thiophene rings is 1. The van der Waals surface area contributed by atoms with E-state index in [9.17, 15) is 4.79 Å². The zero-order valence-electron chi connectivity index (χ0n) is 6.30. The topological polar surface area (TPSA) is 20.3 Å². The van der Waals surface area contributed by atoms with Crippen LogP contribution in [0.15, 0.2) is 9.85 Å². The van der Waals surface area contributed by atoms with Crippen molar-refractivity contribution in [2.75, 3.05) is 19.0 Å². The summed E-state index contributed by atoms with van der Waals surface area (Å²) in [7, 11) is 3.84. The Morgan fingerprint density at radius 1 is 1.64 bits per heavy atom. The Labute approximate surface area is 78.0 Å². The van der Waals surface area contributed by atoms with Crippen LogP contribution in [0.3, 0.4) is 0 Å². The Morgan fingerprint density at radius 2 is 2.27 bits per heavy atom. The van der Waals surface area contributed by atoms with Crippen molar-refractivity contribution in [3.8, 4) is 0 Å². The Kier molecular flexibility index (Phi) is 2.67. The lowest BCUT2D eigenvalue weighted by molar-refractivity contribution is 0.112. The van der Waals surface area contributed by atoms with Gasteiger partial charge in [0.2, 0.25) is 0 Å². The summed E-state index contributed by atoms with van der Waals surface area (Å²) >= 11 is 4.77. The molecule has 0 amide bonds. The molecule has 4 heteroatoms. The second-order valence-corrected chi connectivity index (χ2v) is 4.78. The minimum absolute atomic E-state index is 0.766. The number of halogens is 1. The molecule has 1 aromatic heterocycles. The van der Waals surface area contributed by atoms with Crippen molar-refractivity contribution in [3.63, 3.8) is 0 Å². The number of rotatable bonds is 2. The maximum atomic E-state index is 10.5. The zero-order chi connectivity index (χ0) is 8.43. The Bertz CT molecular complexity index is 269. The van der Waals surface area contributed by atoms with E-state index in [0.29, 0.717) is 0 Å². The molecule has 2 nitrogen and oxygen atoms in total. The van der Waals surface area contributed by atoms with E-state index in [-0.39, 0.29) is 0 Å². The van der Waals surface area contributed by atoms with Gasteiger partial charge in [-0.2, -0.15) is 0 Å². The summed E-state index contributed by atoms with van der Waals surface area (Å²) in [5.41, 5.74) is 0.969. The first-order valence-electron chi connectivity index (χ1n) is 3.07. The summed E-state index contributed by atoms with van der Waals surface area (Å²) in [6, 6.07) is 1.94. The molecule has 0 aliphatic rings. The third-order valence-corrected chi connectivity index (χ3v) is 2.85. The lowest BCUT2D eigenvalue weighted by Crippen LogP contribution is -2.08. The predicted octanol–water partition coefficient (Wildman–Crippen LogP) is 2.39. The molecule has 0 aliphatic heterocycles. The van der Waals surface area contributed by atoms with Crippen molar-refractivity contribution >= 4 is 39.2 Å². The van der Waals surface area contributed by atoms with Gasteiger partial charge in [0.1, 0.15) is 0 Å². The number of carbonyl (C=O) groups excluding carboxylic acids is 1. The number of nitrogens with zero attached hydrogens (tertiary/aromatic N) is 1. The Morgan fingerprint density at radius 3 is 2.64 bits per heavy atom. The highest BCUT2D eigenvalue weighted by molar-refractivity contribution is 9.11. The molecule has 0 radical (unpaired) electrons. The standard InChI is InChI=1S/C7H8BrNOS/c1-9(2)5-3-7(8)11-6(5)4-10/h3-4H,1-2H3. The molecular formula is C7H8BrNOS. The third kappa shape index (κ3) is 1.81.